The van der Waals surface area contributed by atoms with Gasteiger partial charge in [0.2, 0.25) is 0 Å². The molecule has 1 aromatic carbocycles. The molecule has 0 saturated carbocycles. The number of nitrogens with one attached hydrogen (secondary N) is 1. The Morgan fingerprint density at radius 3 is 2.76 bits per heavy atom. The molecule has 0 saturated heterocycles. The minimum atomic E-state index is 0.211. The van der Waals surface area contributed by atoms with E-state index in [1.165, 1.54) is 11.1 Å². The summed E-state index contributed by atoms with van der Waals surface area (Å²) in [4.78, 5) is 0. The molecule has 2 unspecified atom stereocenters. The smallest absolute Gasteiger partial charge is 0.0686 e. The Labute approximate surface area is 106 Å². The molecule has 0 heterocycles. The lowest BCUT2D eigenvalue weighted by molar-refractivity contribution is 0.471. The molecule has 0 aliphatic rings. The van der Waals surface area contributed by atoms with Crippen LogP contribution in [0, 0.1) is 19.3 Å². The van der Waals surface area contributed by atoms with Gasteiger partial charge in [0.15, 0.2) is 0 Å². The number of aryl methyl sites for hydroxylation is 2. The van der Waals surface area contributed by atoms with Gasteiger partial charge in [0, 0.05) is 6.04 Å². The van der Waals surface area contributed by atoms with Crippen molar-refractivity contribution in [2.24, 2.45) is 0 Å². The normalized spacial score (nSPS) is 14.0. The van der Waals surface area contributed by atoms with Crippen molar-refractivity contribution in [3.63, 3.8) is 0 Å². The first-order valence-corrected chi connectivity index (χ1v) is 6.43. The first kappa shape index (κ1) is 13.8. The van der Waals surface area contributed by atoms with Crippen molar-refractivity contribution < 1.29 is 0 Å². The van der Waals surface area contributed by atoms with E-state index in [0.717, 1.165) is 19.3 Å². The van der Waals surface area contributed by atoms with Gasteiger partial charge in [-0.3, -0.25) is 0 Å². The highest BCUT2D eigenvalue weighted by atomic mass is 14.9. The van der Waals surface area contributed by atoms with Crippen LogP contribution < -0.4 is 5.32 Å². The SMILES string of the molecule is C#CC(CC)NC(C)CCc1cccc(C)c1. The lowest BCUT2D eigenvalue weighted by Gasteiger charge is -2.18. The number of rotatable bonds is 6. The van der Waals surface area contributed by atoms with Gasteiger partial charge in [-0.2, -0.15) is 0 Å². The number of hydrogen-bond donors (Lipinski definition) is 1. The van der Waals surface area contributed by atoms with E-state index in [2.05, 4.69) is 56.3 Å². The topological polar surface area (TPSA) is 12.0 Å². The summed E-state index contributed by atoms with van der Waals surface area (Å²) in [5.74, 6) is 2.78. The van der Waals surface area contributed by atoms with Crippen molar-refractivity contribution in [3.8, 4) is 12.3 Å². The maximum atomic E-state index is 5.45. The summed E-state index contributed by atoms with van der Waals surface area (Å²) in [6.07, 6.45) is 8.67. The molecule has 0 aliphatic carbocycles. The second-order valence-electron chi connectivity index (χ2n) is 4.72. The molecule has 2 atom stereocenters. The van der Waals surface area contributed by atoms with Gasteiger partial charge in [-0.25, -0.2) is 0 Å². The van der Waals surface area contributed by atoms with E-state index < -0.39 is 0 Å². The maximum Gasteiger partial charge on any atom is 0.0686 e. The zero-order valence-electron chi connectivity index (χ0n) is 11.2. The van der Waals surface area contributed by atoms with Gasteiger partial charge in [0.05, 0.1) is 6.04 Å². The van der Waals surface area contributed by atoms with Crippen molar-refractivity contribution in [1.29, 1.82) is 0 Å². The molecule has 17 heavy (non-hydrogen) atoms. The fraction of sp³-hybridized carbons (Fsp3) is 0.500. The van der Waals surface area contributed by atoms with E-state index in [9.17, 15) is 0 Å². The van der Waals surface area contributed by atoms with Crippen molar-refractivity contribution in [3.05, 3.63) is 35.4 Å². The van der Waals surface area contributed by atoms with Crippen LogP contribution in [-0.2, 0) is 6.42 Å². The van der Waals surface area contributed by atoms with Crippen LogP contribution in [0.5, 0.6) is 0 Å². The van der Waals surface area contributed by atoms with Crippen LogP contribution >= 0.6 is 0 Å². The fourth-order valence-electron chi connectivity index (χ4n) is 1.96. The highest BCUT2D eigenvalue weighted by Gasteiger charge is 2.07. The summed E-state index contributed by atoms with van der Waals surface area (Å²) in [5.41, 5.74) is 2.74. The van der Waals surface area contributed by atoms with E-state index in [4.69, 9.17) is 6.42 Å². The highest BCUT2D eigenvalue weighted by Crippen LogP contribution is 2.08. The summed E-state index contributed by atoms with van der Waals surface area (Å²) >= 11 is 0. The van der Waals surface area contributed by atoms with Crippen LogP contribution in [-0.4, -0.2) is 12.1 Å². The number of benzene rings is 1. The molecule has 92 valence electrons. The minimum Gasteiger partial charge on any atom is -0.301 e. The molecular weight excluding hydrogens is 206 g/mol. The Hall–Kier alpha value is -1.26. The van der Waals surface area contributed by atoms with Crippen LogP contribution in [0.15, 0.2) is 24.3 Å². The standard InChI is InChI=1S/C16H23N/c1-5-16(6-2)17-14(4)10-11-15-9-7-8-13(3)12-15/h1,7-9,12,14,16-17H,6,10-11H2,2-4H3. The lowest BCUT2D eigenvalue weighted by Crippen LogP contribution is -2.35. The van der Waals surface area contributed by atoms with Crippen molar-refractivity contribution in [1.82, 2.24) is 5.32 Å². The third kappa shape index (κ3) is 5.06. The summed E-state index contributed by atoms with van der Waals surface area (Å²) in [5, 5.41) is 3.47. The van der Waals surface area contributed by atoms with Crippen LogP contribution in [0.2, 0.25) is 0 Å². The van der Waals surface area contributed by atoms with Gasteiger partial charge >= 0.3 is 0 Å². The van der Waals surface area contributed by atoms with Gasteiger partial charge in [-0.15, -0.1) is 6.42 Å². The van der Waals surface area contributed by atoms with Crippen LogP contribution in [0.4, 0.5) is 0 Å². The minimum absolute atomic E-state index is 0.211. The first-order valence-electron chi connectivity index (χ1n) is 6.43. The zero-order chi connectivity index (χ0) is 12.7. The Morgan fingerprint density at radius 2 is 2.18 bits per heavy atom. The molecule has 1 rings (SSSR count). The Kier molecular flexibility index (Phi) is 5.80. The van der Waals surface area contributed by atoms with Crippen molar-refractivity contribution in [2.45, 2.75) is 52.1 Å². The van der Waals surface area contributed by atoms with Crippen molar-refractivity contribution in [2.75, 3.05) is 0 Å². The van der Waals surface area contributed by atoms with Gasteiger partial charge in [-0.1, -0.05) is 42.7 Å². The second kappa shape index (κ2) is 7.14. The van der Waals surface area contributed by atoms with Crippen LogP contribution in [0.3, 0.4) is 0 Å². The van der Waals surface area contributed by atoms with E-state index in [1.807, 2.05) is 0 Å². The molecule has 1 nitrogen and oxygen atoms in total. The van der Waals surface area contributed by atoms with Gasteiger partial charge < -0.3 is 5.32 Å². The average Bonchev–Trinajstić information content (AvgIpc) is 2.33. The molecule has 0 fully saturated rings. The third-order valence-electron chi connectivity index (χ3n) is 3.04. The Morgan fingerprint density at radius 1 is 1.41 bits per heavy atom. The van der Waals surface area contributed by atoms with E-state index >= 15 is 0 Å². The molecular formula is C16H23N. The molecule has 1 N–H and O–H groups in total. The molecule has 1 heteroatoms. The van der Waals surface area contributed by atoms with Crippen LogP contribution in [0.25, 0.3) is 0 Å². The second-order valence-corrected chi connectivity index (χ2v) is 4.72. The largest absolute Gasteiger partial charge is 0.301 e. The highest BCUT2D eigenvalue weighted by molar-refractivity contribution is 5.22. The predicted octanol–water partition coefficient (Wildman–Crippen LogP) is 3.32. The van der Waals surface area contributed by atoms with Gasteiger partial charge in [0.1, 0.15) is 0 Å². The van der Waals surface area contributed by atoms with Gasteiger partial charge in [-0.05, 0) is 38.7 Å². The summed E-state index contributed by atoms with van der Waals surface area (Å²) in [6.45, 7) is 6.46. The summed E-state index contributed by atoms with van der Waals surface area (Å²) in [6, 6.07) is 9.39. The van der Waals surface area contributed by atoms with E-state index in [0.29, 0.717) is 6.04 Å². The molecule has 0 bridgehead atoms. The zero-order valence-corrected chi connectivity index (χ0v) is 11.2. The summed E-state index contributed by atoms with van der Waals surface area (Å²) in [7, 11) is 0. The molecule has 0 amide bonds. The van der Waals surface area contributed by atoms with E-state index in [1.54, 1.807) is 0 Å². The molecule has 0 aromatic heterocycles. The monoisotopic (exact) mass is 229 g/mol. The molecule has 1 aromatic rings. The van der Waals surface area contributed by atoms with Crippen molar-refractivity contribution >= 4 is 0 Å². The predicted molar refractivity (Wildman–Crippen MR) is 75.0 cm³/mol. The average molecular weight is 229 g/mol. The quantitative estimate of drug-likeness (QED) is 0.738. The first-order chi connectivity index (χ1) is 8.15. The van der Waals surface area contributed by atoms with Crippen LogP contribution in [0.1, 0.15) is 37.8 Å². The summed E-state index contributed by atoms with van der Waals surface area (Å²) < 4.78 is 0. The molecule has 0 spiro atoms. The number of terminal acetylenes is 1. The lowest BCUT2D eigenvalue weighted by atomic mass is 10.0. The Bertz CT molecular complexity index is 375. The molecule has 0 aliphatic heterocycles. The Balaban J connectivity index is 2.38. The molecule has 0 radical (unpaired) electrons. The maximum absolute atomic E-state index is 5.45. The van der Waals surface area contributed by atoms with Gasteiger partial charge in [0.25, 0.3) is 0 Å². The van der Waals surface area contributed by atoms with E-state index in [-0.39, 0.29) is 6.04 Å². The fourth-order valence-corrected chi connectivity index (χ4v) is 1.96. The number of hydrogen-bond acceptors (Lipinski definition) is 1. The third-order valence-corrected chi connectivity index (χ3v) is 3.04.